The zero-order valence-corrected chi connectivity index (χ0v) is 15.2. The number of nitrogens with one attached hydrogen (secondary N) is 2. The van der Waals surface area contributed by atoms with Gasteiger partial charge in [0.05, 0.1) is 35.2 Å². The van der Waals surface area contributed by atoms with Crippen molar-refractivity contribution >= 4 is 38.7 Å². The van der Waals surface area contributed by atoms with Crippen LogP contribution in [0.15, 0.2) is 53.4 Å². The number of rotatable bonds is 6. The van der Waals surface area contributed by atoms with Crippen molar-refractivity contribution in [1.82, 2.24) is 0 Å². The SMILES string of the molecule is O=C1CN(C(=O)CNc2ccc(S(=O)(=O)CCO)cc2)c2ccccc2N1. The highest BCUT2D eigenvalue weighted by Crippen LogP contribution is 2.28. The summed E-state index contributed by atoms with van der Waals surface area (Å²) in [5, 5.41) is 14.5. The zero-order chi connectivity index (χ0) is 19.4. The quantitative estimate of drug-likeness (QED) is 0.675. The summed E-state index contributed by atoms with van der Waals surface area (Å²) in [5.74, 6) is -0.885. The molecule has 1 aliphatic heterocycles. The van der Waals surface area contributed by atoms with Crippen molar-refractivity contribution in [3.05, 3.63) is 48.5 Å². The maximum absolute atomic E-state index is 12.6. The van der Waals surface area contributed by atoms with Crippen LogP contribution in [0.5, 0.6) is 0 Å². The largest absolute Gasteiger partial charge is 0.395 e. The van der Waals surface area contributed by atoms with Gasteiger partial charge in [-0.25, -0.2) is 8.42 Å². The number of aliphatic hydroxyl groups excluding tert-OH is 1. The second-order valence-electron chi connectivity index (χ2n) is 5.97. The number of carbonyl (C=O) groups is 2. The summed E-state index contributed by atoms with van der Waals surface area (Å²) in [5.41, 5.74) is 1.79. The topological polar surface area (TPSA) is 116 Å². The molecule has 0 saturated carbocycles. The zero-order valence-electron chi connectivity index (χ0n) is 14.4. The van der Waals surface area contributed by atoms with E-state index in [1.54, 1.807) is 36.4 Å². The number of hydrogen-bond acceptors (Lipinski definition) is 6. The molecular formula is C18H19N3O5S. The minimum absolute atomic E-state index is 0.0512. The number of benzene rings is 2. The Balaban J connectivity index is 1.67. The number of para-hydroxylation sites is 2. The van der Waals surface area contributed by atoms with E-state index < -0.39 is 16.4 Å². The maximum Gasteiger partial charge on any atom is 0.246 e. The molecule has 3 rings (SSSR count). The smallest absolute Gasteiger partial charge is 0.246 e. The Hall–Kier alpha value is -2.91. The van der Waals surface area contributed by atoms with Gasteiger partial charge in [0.15, 0.2) is 9.84 Å². The van der Waals surface area contributed by atoms with E-state index in [-0.39, 0.29) is 35.6 Å². The third kappa shape index (κ3) is 4.26. The second kappa shape index (κ2) is 7.77. The number of fused-ring (bicyclic) bond motifs is 1. The summed E-state index contributed by atoms with van der Waals surface area (Å²) >= 11 is 0. The lowest BCUT2D eigenvalue weighted by atomic mass is 10.2. The Bertz CT molecular complexity index is 957. The first-order valence-electron chi connectivity index (χ1n) is 8.27. The molecule has 0 aliphatic carbocycles. The normalized spacial score (nSPS) is 13.7. The van der Waals surface area contributed by atoms with Crippen molar-refractivity contribution in [2.75, 3.05) is 41.0 Å². The summed E-state index contributed by atoms with van der Waals surface area (Å²) < 4.78 is 23.8. The molecule has 9 heteroatoms. The molecule has 2 aromatic carbocycles. The van der Waals surface area contributed by atoms with Crippen molar-refractivity contribution in [1.29, 1.82) is 0 Å². The fourth-order valence-electron chi connectivity index (χ4n) is 2.75. The van der Waals surface area contributed by atoms with Crippen molar-refractivity contribution < 1.29 is 23.1 Å². The molecule has 27 heavy (non-hydrogen) atoms. The van der Waals surface area contributed by atoms with Crippen LogP contribution < -0.4 is 15.5 Å². The van der Waals surface area contributed by atoms with Crippen LogP contribution in [0.2, 0.25) is 0 Å². The van der Waals surface area contributed by atoms with E-state index in [1.807, 2.05) is 0 Å². The molecule has 1 heterocycles. The molecule has 0 fully saturated rings. The van der Waals surface area contributed by atoms with Gasteiger partial charge in [-0.3, -0.25) is 14.5 Å². The van der Waals surface area contributed by atoms with E-state index in [1.165, 1.54) is 17.0 Å². The third-order valence-electron chi connectivity index (χ3n) is 4.09. The third-order valence-corrected chi connectivity index (χ3v) is 5.80. The minimum atomic E-state index is -3.51. The van der Waals surface area contributed by atoms with Gasteiger partial charge in [-0.1, -0.05) is 12.1 Å². The number of aliphatic hydroxyl groups is 1. The predicted molar refractivity (Wildman–Crippen MR) is 101 cm³/mol. The molecule has 142 valence electrons. The average Bonchev–Trinajstić information content (AvgIpc) is 2.65. The number of carbonyl (C=O) groups excluding carboxylic acids is 2. The van der Waals surface area contributed by atoms with Crippen LogP contribution in [0, 0.1) is 0 Å². The molecule has 2 amide bonds. The van der Waals surface area contributed by atoms with E-state index in [0.717, 1.165) is 0 Å². The lowest BCUT2D eigenvalue weighted by molar-refractivity contribution is -0.120. The van der Waals surface area contributed by atoms with Crippen LogP contribution in [-0.2, 0) is 19.4 Å². The van der Waals surface area contributed by atoms with Gasteiger partial charge in [0, 0.05) is 5.69 Å². The summed E-state index contributed by atoms with van der Waals surface area (Å²) in [4.78, 5) is 25.9. The molecule has 8 nitrogen and oxygen atoms in total. The molecule has 0 atom stereocenters. The summed E-state index contributed by atoms with van der Waals surface area (Å²) in [6.45, 7) is -0.554. The van der Waals surface area contributed by atoms with Crippen LogP contribution in [0.4, 0.5) is 17.1 Å². The number of amides is 2. The Morgan fingerprint density at radius 2 is 1.85 bits per heavy atom. The standard InChI is InChI=1S/C18H19N3O5S/c22-9-10-27(25,26)14-7-5-13(6-8-14)19-11-18(24)21-12-17(23)20-15-3-1-2-4-16(15)21/h1-8,19,22H,9-12H2,(H,20,23). The second-order valence-corrected chi connectivity index (χ2v) is 8.07. The Morgan fingerprint density at radius 1 is 1.15 bits per heavy atom. The van der Waals surface area contributed by atoms with Crippen molar-refractivity contribution in [3.8, 4) is 0 Å². The summed E-state index contributed by atoms with van der Waals surface area (Å²) in [6, 6.07) is 13.0. The minimum Gasteiger partial charge on any atom is -0.395 e. The molecule has 1 aliphatic rings. The molecule has 0 radical (unpaired) electrons. The fourth-order valence-corrected chi connectivity index (χ4v) is 3.77. The van der Waals surface area contributed by atoms with Crippen molar-refractivity contribution in [2.45, 2.75) is 4.90 Å². The first-order chi connectivity index (χ1) is 12.9. The number of sulfone groups is 1. The molecule has 0 bridgehead atoms. The van der Waals surface area contributed by atoms with Crippen LogP contribution in [-0.4, -0.2) is 50.8 Å². The fraction of sp³-hybridized carbons (Fsp3) is 0.222. The first-order valence-corrected chi connectivity index (χ1v) is 9.93. The summed E-state index contributed by atoms with van der Waals surface area (Å²) in [7, 11) is -3.51. The molecule has 0 unspecified atom stereocenters. The highest BCUT2D eigenvalue weighted by Gasteiger charge is 2.26. The molecule has 2 aromatic rings. The van der Waals surface area contributed by atoms with Crippen LogP contribution in [0.3, 0.4) is 0 Å². The van der Waals surface area contributed by atoms with Crippen LogP contribution >= 0.6 is 0 Å². The van der Waals surface area contributed by atoms with Crippen LogP contribution in [0.25, 0.3) is 0 Å². The van der Waals surface area contributed by atoms with Gasteiger partial charge in [0.2, 0.25) is 11.8 Å². The molecule has 0 spiro atoms. The van der Waals surface area contributed by atoms with Crippen molar-refractivity contribution in [3.63, 3.8) is 0 Å². The summed E-state index contributed by atoms with van der Waals surface area (Å²) in [6.07, 6.45) is 0. The lowest BCUT2D eigenvalue weighted by Gasteiger charge is -2.29. The highest BCUT2D eigenvalue weighted by atomic mass is 32.2. The van der Waals surface area contributed by atoms with Crippen LogP contribution in [0.1, 0.15) is 0 Å². The monoisotopic (exact) mass is 389 g/mol. The van der Waals surface area contributed by atoms with Gasteiger partial charge in [0.25, 0.3) is 0 Å². The van der Waals surface area contributed by atoms with E-state index in [9.17, 15) is 18.0 Å². The van der Waals surface area contributed by atoms with Gasteiger partial charge in [-0.15, -0.1) is 0 Å². The Kier molecular flexibility index (Phi) is 5.43. The molecular weight excluding hydrogens is 370 g/mol. The van der Waals surface area contributed by atoms with E-state index in [4.69, 9.17) is 5.11 Å². The van der Waals surface area contributed by atoms with E-state index in [0.29, 0.717) is 17.1 Å². The number of hydrogen-bond donors (Lipinski definition) is 3. The number of nitrogens with zero attached hydrogens (tertiary/aromatic N) is 1. The molecule has 3 N–H and O–H groups in total. The maximum atomic E-state index is 12.6. The van der Waals surface area contributed by atoms with Gasteiger partial charge in [-0.05, 0) is 36.4 Å². The van der Waals surface area contributed by atoms with Gasteiger partial charge >= 0.3 is 0 Å². The van der Waals surface area contributed by atoms with Gasteiger partial charge in [-0.2, -0.15) is 0 Å². The Labute approximate surface area is 156 Å². The van der Waals surface area contributed by atoms with Gasteiger partial charge in [0.1, 0.15) is 6.54 Å². The first kappa shape index (κ1) is 18.9. The number of anilines is 3. The lowest BCUT2D eigenvalue weighted by Crippen LogP contribution is -2.44. The molecule has 0 saturated heterocycles. The molecule has 0 aromatic heterocycles. The van der Waals surface area contributed by atoms with E-state index >= 15 is 0 Å². The Morgan fingerprint density at radius 3 is 2.56 bits per heavy atom. The van der Waals surface area contributed by atoms with Gasteiger partial charge < -0.3 is 15.7 Å². The van der Waals surface area contributed by atoms with E-state index in [2.05, 4.69) is 10.6 Å². The average molecular weight is 389 g/mol. The van der Waals surface area contributed by atoms with Crippen molar-refractivity contribution in [2.24, 2.45) is 0 Å². The predicted octanol–water partition coefficient (Wildman–Crippen LogP) is 0.850. The highest BCUT2D eigenvalue weighted by molar-refractivity contribution is 7.91.